The Balaban J connectivity index is 2.20. The molecule has 0 spiro atoms. The van der Waals surface area contributed by atoms with Crippen LogP contribution in [-0.4, -0.2) is 22.0 Å². The zero-order chi connectivity index (χ0) is 13.1. The number of H-pyrrole nitrogens is 1. The van der Waals surface area contributed by atoms with Gasteiger partial charge in [-0.3, -0.25) is 5.10 Å². The highest BCUT2D eigenvalue weighted by atomic mass is 79.9. The number of halogens is 1. The maximum Gasteiger partial charge on any atom is 0.214 e. The predicted octanol–water partition coefficient (Wildman–Crippen LogP) is 2.76. The molecule has 2 aromatic rings. The van der Waals surface area contributed by atoms with Gasteiger partial charge in [0.25, 0.3) is 0 Å². The van der Waals surface area contributed by atoms with Gasteiger partial charge in [0.1, 0.15) is 11.6 Å². The Morgan fingerprint density at radius 2 is 2.33 bits per heavy atom. The fraction of sp³-hybridized carbons (Fsp3) is 0.273. The molecule has 1 heterocycles. The molecule has 0 amide bonds. The second-order valence-corrected chi connectivity index (χ2v) is 5.00. The molecule has 0 aliphatic heterocycles. The van der Waals surface area contributed by atoms with E-state index in [9.17, 15) is 0 Å². The van der Waals surface area contributed by atoms with Crippen molar-refractivity contribution in [2.45, 2.75) is 13.5 Å². The van der Waals surface area contributed by atoms with Crippen LogP contribution in [0, 0.1) is 11.7 Å². The molecule has 1 aromatic heterocycles. The van der Waals surface area contributed by atoms with E-state index in [1.807, 2.05) is 25.1 Å². The first-order valence-corrected chi connectivity index (χ1v) is 6.52. The number of aromatic nitrogens is 3. The zero-order valence-electron chi connectivity index (χ0n) is 10.0. The third kappa shape index (κ3) is 2.73. The number of nitrogens with one attached hydrogen (secondary N) is 2. The minimum absolute atomic E-state index is 0.543. The number of methoxy groups -OCH3 is 1. The minimum atomic E-state index is 0.543. The number of nitrogens with zero attached hydrogens (tertiary/aromatic N) is 2. The standard InChI is InChI=1S/C11H13BrN4OS/c1-7-14-15-11(18)16(7)13-6-8-5-9(12)3-4-10(8)17-2/h3-5,13H,6H2,1-2H3,(H,15,18). The summed E-state index contributed by atoms with van der Waals surface area (Å²) in [6.07, 6.45) is 0. The lowest BCUT2D eigenvalue weighted by Gasteiger charge is -2.12. The van der Waals surface area contributed by atoms with Crippen LogP contribution in [0.2, 0.25) is 0 Å². The molecule has 0 unspecified atom stereocenters. The molecule has 0 aliphatic rings. The minimum Gasteiger partial charge on any atom is -0.496 e. The van der Waals surface area contributed by atoms with Crippen molar-refractivity contribution in [2.24, 2.45) is 0 Å². The van der Waals surface area contributed by atoms with Gasteiger partial charge in [-0.2, -0.15) is 5.10 Å². The van der Waals surface area contributed by atoms with Gasteiger partial charge in [0, 0.05) is 10.0 Å². The van der Waals surface area contributed by atoms with Crippen molar-refractivity contribution in [1.82, 2.24) is 14.9 Å². The number of ether oxygens (including phenoxy) is 1. The van der Waals surface area contributed by atoms with E-state index < -0.39 is 0 Å². The molecule has 1 aromatic carbocycles. The molecule has 2 N–H and O–H groups in total. The van der Waals surface area contributed by atoms with Crippen LogP contribution in [0.3, 0.4) is 0 Å². The van der Waals surface area contributed by atoms with Crippen LogP contribution in [0.4, 0.5) is 0 Å². The van der Waals surface area contributed by atoms with Crippen LogP contribution < -0.4 is 10.2 Å². The Bertz CT molecular complexity index is 607. The van der Waals surface area contributed by atoms with Crippen molar-refractivity contribution in [3.05, 3.63) is 38.8 Å². The topological polar surface area (TPSA) is 54.9 Å². The van der Waals surface area contributed by atoms with Crippen molar-refractivity contribution in [2.75, 3.05) is 12.5 Å². The van der Waals surface area contributed by atoms with Crippen LogP contribution in [0.25, 0.3) is 0 Å². The van der Waals surface area contributed by atoms with Gasteiger partial charge in [-0.05, 0) is 37.3 Å². The Hall–Kier alpha value is -1.34. The Kier molecular flexibility index (Phi) is 4.03. The molecule has 0 radical (unpaired) electrons. The van der Waals surface area contributed by atoms with E-state index in [4.69, 9.17) is 17.0 Å². The smallest absolute Gasteiger partial charge is 0.214 e. The van der Waals surface area contributed by atoms with Gasteiger partial charge < -0.3 is 10.2 Å². The number of aromatic amines is 1. The van der Waals surface area contributed by atoms with Crippen molar-refractivity contribution in [3.63, 3.8) is 0 Å². The summed E-state index contributed by atoms with van der Waals surface area (Å²) in [6.45, 7) is 2.47. The third-order valence-electron chi connectivity index (χ3n) is 2.51. The van der Waals surface area contributed by atoms with Gasteiger partial charge in [-0.1, -0.05) is 15.9 Å². The average Bonchev–Trinajstić information content (AvgIpc) is 2.67. The molecule has 96 valence electrons. The Morgan fingerprint density at radius 3 is 2.94 bits per heavy atom. The molecule has 0 aliphatic carbocycles. The number of hydrogen-bond donors (Lipinski definition) is 2. The maximum atomic E-state index is 5.31. The number of rotatable bonds is 4. The average molecular weight is 329 g/mol. The summed E-state index contributed by atoms with van der Waals surface area (Å²) in [5, 5.41) is 6.76. The molecule has 5 nitrogen and oxygen atoms in total. The summed E-state index contributed by atoms with van der Waals surface area (Å²) in [4.78, 5) is 0. The van der Waals surface area contributed by atoms with Gasteiger partial charge in [0.15, 0.2) is 0 Å². The molecule has 7 heteroatoms. The second kappa shape index (κ2) is 5.53. The highest BCUT2D eigenvalue weighted by Gasteiger charge is 2.05. The quantitative estimate of drug-likeness (QED) is 0.847. The highest BCUT2D eigenvalue weighted by Crippen LogP contribution is 2.22. The Labute approximate surface area is 118 Å². The molecule has 2 rings (SSSR count). The van der Waals surface area contributed by atoms with E-state index in [1.165, 1.54) is 0 Å². The molecular formula is C11H13BrN4OS. The molecule has 0 saturated carbocycles. The molecule has 0 saturated heterocycles. The largest absolute Gasteiger partial charge is 0.496 e. The van der Waals surface area contributed by atoms with E-state index in [-0.39, 0.29) is 0 Å². The summed E-state index contributed by atoms with van der Waals surface area (Å²) < 4.78 is 8.59. The lowest BCUT2D eigenvalue weighted by atomic mass is 10.2. The van der Waals surface area contributed by atoms with Crippen LogP contribution >= 0.6 is 28.1 Å². The number of hydrogen-bond acceptors (Lipinski definition) is 4. The highest BCUT2D eigenvalue weighted by molar-refractivity contribution is 9.10. The van der Waals surface area contributed by atoms with E-state index in [2.05, 4.69) is 31.6 Å². The van der Waals surface area contributed by atoms with E-state index >= 15 is 0 Å². The summed E-state index contributed by atoms with van der Waals surface area (Å²) in [6, 6.07) is 5.87. The SMILES string of the molecule is COc1ccc(Br)cc1CNn1c(C)n[nH]c1=S. The van der Waals surface area contributed by atoms with Crippen molar-refractivity contribution in [3.8, 4) is 5.75 Å². The first kappa shape index (κ1) is 13.1. The van der Waals surface area contributed by atoms with Gasteiger partial charge in [0.05, 0.1) is 13.7 Å². The molecule has 0 fully saturated rings. The lowest BCUT2D eigenvalue weighted by Crippen LogP contribution is -2.16. The maximum absolute atomic E-state index is 5.31. The monoisotopic (exact) mass is 328 g/mol. The summed E-state index contributed by atoms with van der Waals surface area (Å²) >= 11 is 8.56. The van der Waals surface area contributed by atoms with Gasteiger partial charge in [-0.25, -0.2) is 4.68 Å². The second-order valence-electron chi connectivity index (χ2n) is 3.70. The normalized spacial score (nSPS) is 10.4. The summed E-state index contributed by atoms with van der Waals surface area (Å²) in [5.41, 5.74) is 4.23. The van der Waals surface area contributed by atoms with Crippen LogP contribution in [0.15, 0.2) is 22.7 Å². The first-order valence-electron chi connectivity index (χ1n) is 5.32. The van der Waals surface area contributed by atoms with E-state index in [1.54, 1.807) is 11.8 Å². The lowest BCUT2D eigenvalue weighted by molar-refractivity contribution is 0.409. The molecule has 18 heavy (non-hydrogen) atoms. The fourth-order valence-electron chi connectivity index (χ4n) is 1.61. The van der Waals surface area contributed by atoms with E-state index in [0.717, 1.165) is 21.6 Å². The molecule has 0 atom stereocenters. The van der Waals surface area contributed by atoms with Crippen LogP contribution in [0.5, 0.6) is 5.75 Å². The first-order chi connectivity index (χ1) is 8.61. The summed E-state index contributed by atoms with van der Waals surface area (Å²) in [5.74, 6) is 1.62. The van der Waals surface area contributed by atoms with Crippen molar-refractivity contribution >= 4 is 28.1 Å². The molecular weight excluding hydrogens is 316 g/mol. The summed E-state index contributed by atoms with van der Waals surface area (Å²) in [7, 11) is 1.65. The van der Waals surface area contributed by atoms with Gasteiger partial charge in [-0.15, -0.1) is 0 Å². The predicted molar refractivity (Wildman–Crippen MR) is 75.9 cm³/mol. The molecule has 0 bridgehead atoms. The zero-order valence-corrected chi connectivity index (χ0v) is 12.4. The number of aryl methyl sites for hydroxylation is 1. The van der Waals surface area contributed by atoms with Crippen LogP contribution in [0.1, 0.15) is 11.4 Å². The third-order valence-corrected chi connectivity index (χ3v) is 3.28. The van der Waals surface area contributed by atoms with Crippen molar-refractivity contribution in [1.29, 1.82) is 0 Å². The van der Waals surface area contributed by atoms with Crippen LogP contribution in [-0.2, 0) is 6.54 Å². The van der Waals surface area contributed by atoms with Crippen molar-refractivity contribution < 1.29 is 4.74 Å². The fourth-order valence-corrected chi connectivity index (χ4v) is 2.26. The Morgan fingerprint density at radius 1 is 1.56 bits per heavy atom. The number of benzene rings is 1. The van der Waals surface area contributed by atoms with Gasteiger partial charge in [0.2, 0.25) is 4.77 Å². The van der Waals surface area contributed by atoms with E-state index in [0.29, 0.717) is 11.3 Å². The van der Waals surface area contributed by atoms with Gasteiger partial charge >= 0.3 is 0 Å².